The van der Waals surface area contributed by atoms with E-state index in [-0.39, 0.29) is 18.9 Å². The van der Waals surface area contributed by atoms with Gasteiger partial charge in [-0.3, -0.25) is 30.0 Å². The molecule has 0 radical (unpaired) electrons. The predicted octanol–water partition coefficient (Wildman–Crippen LogP) is 1.66. The van der Waals surface area contributed by atoms with Gasteiger partial charge in [0.05, 0.1) is 5.92 Å². The Bertz CT molecular complexity index is 974. The van der Waals surface area contributed by atoms with Crippen LogP contribution in [0.4, 0.5) is 5.69 Å². The van der Waals surface area contributed by atoms with E-state index in [0.29, 0.717) is 5.56 Å². The van der Waals surface area contributed by atoms with E-state index in [1.54, 1.807) is 35.2 Å². The van der Waals surface area contributed by atoms with Crippen LogP contribution in [0.3, 0.4) is 0 Å². The Labute approximate surface area is 174 Å². The van der Waals surface area contributed by atoms with Crippen LogP contribution in [0.2, 0.25) is 0 Å². The van der Waals surface area contributed by atoms with Gasteiger partial charge >= 0.3 is 5.97 Å². The first-order valence-electron chi connectivity index (χ1n) is 9.53. The van der Waals surface area contributed by atoms with Gasteiger partial charge in [0.25, 0.3) is 11.8 Å². The lowest BCUT2D eigenvalue weighted by atomic mass is 10.1. The molecule has 3 rings (SSSR count). The maximum Gasteiger partial charge on any atom is 0.311 e. The van der Waals surface area contributed by atoms with E-state index in [1.807, 2.05) is 32.0 Å². The van der Waals surface area contributed by atoms with E-state index in [9.17, 15) is 19.2 Å². The van der Waals surface area contributed by atoms with Crippen molar-refractivity contribution in [1.29, 1.82) is 0 Å². The number of carbonyl (C=O) groups excluding carboxylic acids is 4. The van der Waals surface area contributed by atoms with E-state index in [4.69, 9.17) is 4.74 Å². The summed E-state index contributed by atoms with van der Waals surface area (Å²) in [4.78, 5) is 50.0. The number of amides is 3. The van der Waals surface area contributed by atoms with Crippen LogP contribution in [0.15, 0.2) is 48.5 Å². The SMILES string of the molecule is Cc1ccc(C)c(N2C[C@H](C(=O)OCC(=O)NNC(=O)c3ccccc3)CC2=O)c1. The van der Waals surface area contributed by atoms with E-state index >= 15 is 0 Å². The minimum absolute atomic E-state index is 0.0264. The van der Waals surface area contributed by atoms with Crippen LogP contribution >= 0.6 is 0 Å². The van der Waals surface area contributed by atoms with Crippen LogP contribution in [0.25, 0.3) is 0 Å². The summed E-state index contributed by atoms with van der Waals surface area (Å²) in [6.45, 7) is 3.49. The van der Waals surface area contributed by atoms with Gasteiger partial charge in [0.1, 0.15) is 0 Å². The molecule has 0 bridgehead atoms. The Hall–Kier alpha value is -3.68. The molecule has 0 aromatic heterocycles. The van der Waals surface area contributed by atoms with Crippen molar-refractivity contribution < 1.29 is 23.9 Å². The van der Waals surface area contributed by atoms with Crippen LogP contribution in [-0.2, 0) is 19.1 Å². The number of aryl methyl sites for hydroxylation is 2. The van der Waals surface area contributed by atoms with E-state index in [1.165, 1.54) is 0 Å². The molecule has 1 saturated heterocycles. The summed E-state index contributed by atoms with van der Waals surface area (Å²) in [5.41, 5.74) is 7.55. The molecule has 1 fully saturated rings. The van der Waals surface area contributed by atoms with Gasteiger partial charge in [0.15, 0.2) is 6.61 Å². The standard InChI is InChI=1S/C22H23N3O5/c1-14-8-9-15(2)18(10-14)25-12-17(11-20(25)27)22(29)30-13-19(26)23-24-21(28)16-6-4-3-5-7-16/h3-10,17H,11-13H2,1-2H3,(H,23,26)(H,24,28)/t17-/m1/s1. The molecule has 1 aliphatic heterocycles. The highest BCUT2D eigenvalue weighted by molar-refractivity contribution is 6.00. The summed E-state index contributed by atoms with van der Waals surface area (Å²) in [7, 11) is 0. The fraction of sp³-hybridized carbons (Fsp3) is 0.273. The molecular formula is C22H23N3O5. The lowest BCUT2D eigenvalue weighted by Gasteiger charge is -2.19. The van der Waals surface area contributed by atoms with Crippen LogP contribution in [0.5, 0.6) is 0 Å². The molecule has 2 aromatic carbocycles. The summed E-state index contributed by atoms with van der Waals surface area (Å²) in [6.07, 6.45) is 0.0264. The summed E-state index contributed by atoms with van der Waals surface area (Å²) >= 11 is 0. The average Bonchev–Trinajstić information content (AvgIpc) is 3.14. The molecule has 0 aliphatic carbocycles. The smallest absolute Gasteiger partial charge is 0.311 e. The zero-order chi connectivity index (χ0) is 21.7. The second-order valence-corrected chi connectivity index (χ2v) is 7.17. The number of carbonyl (C=O) groups is 4. The third-order valence-corrected chi connectivity index (χ3v) is 4.81. The summed E-state index contributed by atoms with van der Waals surface area (Å²) in [5, 5.41) is 0. The number of nitrogens with zero attached hydrogens (tertiary/aromatic N) is 1. The second-order valence-electron chi connectivity index (χ2n) is 7.17. The molecular weight excluding hydrogens is 386 g/mol. The number of hydrogen-bond donors (Lipinski definition) is 2. The van der Waals surface area contributed by atoms with Crippen LogP contribution in [-0.4, -0.2) is 36.8 Å². The highest BCUT2D eigenvalue weighted by atomic mass is 16.5. The summed E-state index contributed by atoms with van der Waals surface area (Å²) < 4.78 is 5.03. The normalized spacial score (nSPS) is 15.6. The molecule has 1 heterocycles. The zero-order valence-electron chi connectivity index (χ0n) is 16.8. The predicted molar refractivity (Wildman–Crippen MR) is 109 cm³/mol. The van der Waals surface area contributed by atoms with Gasteiger partial charge in [-0.25, -0.2) is 0 Å². The number of benzene rings is 2. The van der Waals surface area contributed by atoms with Crippen molar-refractivity contribution in [1.82, 2.24) is 10.9 Å². The Morgan fingerprint density at radius 3 is 2.53 bits per heavy atom. The number of anilines is 1. The first-order chi connectivity index (χ1) is 14.3. The first kappa shape index (κ1) is 21.0. The molecule has 2 N–H and O–H groups in total. The number of rotatable bonds is 5. The van der Waals surface area contributed by atoms with Crippen LogP contribution < -0.4 is 15.8 Å². The van der Waals surface area contributed by atoms with Crippen molar-refractivity contribution in [3.8, 4) is 0 Å². The first-order valence-corrected chi connectivity index (χ1v) is 9.53. The van der Waals surface area contributed by atoms with Crippen molar-refractivity contribution in [2.24, 2.45) is 5.92 Å². The van der Waals surface area contributed by atoms with E-state index in [2.05, 4.69) is 10.9 Å². The van der Waals surface area contributed by atoms with Gasteiger partial charge in [-0.05, 0) is 43.2 Å². The van der Waals surface area contributed by atoms with Crippen molar-refractivity contribution in [2.45, 2.75) is 20.3 Å². The van der Waals surface area contributed by atoms with Crippen molar-refractivity contribution in [3.05, 3.63) is 65.2 Å². The Balaban J connectivity index is 1.48. The van der Waals surface area contributed by atoms with Gasteiger partial charge in [-0.2, -0.15) is 0 Å². The molecule has 0 saturated carbocycles. The number of hydrogen-bond acceptors (Lipinski definition) is 5. The third kappa shape index (κ3) is 5.02. The number of esters is 1. The summed E-state index contributed by atoms with van der Waals surface area (Å²) in [5.74, 6) is -2.60. The molecule has 30 heavy (non-hydrogen) atoms. The maximum absolute atomic E-state index is 12.4. The molecule has 8 nitrogen and oxygen atoms in total. The number of nitrogens with one attached hydrogen (secondary N) is 2. The summed E-state index contributed by atoms with van der Waals surface area (Å²) in [6, 6.07) is 14.2. The molecule has 1 aliphatic rings. The fourth-order valence-corrected chi connectivity index (χ4v) is 3.19. The van der Waals surface area contributed by atoms with Gasteiger partial charge < -0.3 is 9.64 Å². The second kappa shape index (κ2) is 9.21. The topological polar surface area (TPSA) is 105 Å². The van der Waals surface area contributed by atoms with Crippen LogP contribution in [0.1, 0.15) is 27.9 Å². The Morgan fingerprint density at radius 1 is 1.07 bits per heavy atom. The average molecular weight is 409 g/mol. The van der Waals surface area contributed by atoms with Gasteiger partial charge in [-0.1, -0.05) is 30.3 Å². The molecule has 1 atom stereocenters. The molecule has 156 valence electrons. The van der Waals surface area contributed by atoms with Crippen molar-refractivity contribution in [3.63, 3.8) is 0 Å². The van der Waals surface area contributed by atoms with E-state index in [0.717, 1.165) is 16.8 Å². The monoisotopic (exact) mass is 409 g/mol. The Kier molecular flexibility index (Phi) is 6.46. The van der Waals surface area contributed by atoms with Crippen LogP contribution in [0, 0.1) is 19.8 Å². The largest absolute Gasteiger partial charge is 0.455 e. The minimum atomic E-state index is -0.677. The van der Waals surface area contributed by atoms with Crippen molar-refractivity contribution in [2.75, 3.05) is 18.1 Å². The lowest BCUT2D eigenvalue weighted by Crippen LogP contribution is -2.43. The van der Waals surface area contributed by atoms with Gasteiger partial charge in [0.2, 0.25) is 5.91 Å². The lowest BCUT2D eigenvalue weighted by molar-refractivity contribution is -0.152. The highest BCUT2D eigenvalue weighted by Crippen LogP contribution is 2.29. The molecule has 0 unspecified atom stereocenters. The van der Waals surface area contributed by atoms with E-state index < -0.39 is 30.3 Å². The zero-order valence-corrected chi connectivity index (χ0v) is 16.8. The van der Waals surface area contributed by atoms with Gasteiger partial charge in [0, 0.05) is 24.2 Å². The van der Waals surface area contributed by atoms with Crippen molar-refractivity contribution >= 4 is 29.4 Å². The highest BCUT2D eigenvalue weighted by Gasteiger charge is 2.36. The molecule has 3 amide bonds. The third-order valence-electron chi connectivity index (χ3n) is 4.81. The molecule has 2 aromatic rings. The molecule has 8 heteroatoms. The Morgan fingerprint density at radius 2 is 1.80 bits per heavy atom. The van der Waals surface area contributed by atoms with Gasteiger partial charge in [-0.15, -0.1) is 0 Å². The maximum atomic E-state index is 12.4. The quantitative estimate of drug-likeness (QED) is 0.577. The number of hydrazine groups is 1. The fourth-order valence-electron chi connectivity index (χ4n) is 3.19. The molecule has 0 spiro atoms. The minimum Gasteiger partial charge on any atom is -0.455 e. The number of ether oxygens (including phenoxy) is 1.